The summed E-state index contributed by atoms with van der Waals surface area (Å²) < 4.78 is 5.52. The van der Waals surface area contributed by atoms with Crippen LogP contribution in [0.5, 0.6) is 5.75 Å². The summed E-state index contributed by atoms with van der Waals surface area (Å²) in [4.78, 5) is 0. The maximum absolute atomic E-state index is 5.52. The Morgan fingerprint density at radius 3 is 1.50 bits per heavy atom. The summed E-state index contributed by atoms with van der Waals surface area (Å²) in [5.41, 5.74) is 0. The molecule has 0 radical (unpaired) electrons. The highest BCUT2D eigenvalue weighted by Crippen LogP contribution is 2.50. The van der Waals surface area contributed by atoms with Crippen LogP contribution in [0.4, 0.5) is 0 Å². The topological polar surface area (TPSA) is 9.23 Å². The van der Waals surface area contributed by atoms with Gasteiger partial charge in [-0.1, -0.05) is 66.7 Å². The molecular formula is C27H16O. The zero-order valence-electron chi connectivity index (χ0n) is 15.4. The van der Waals surface area contributed by atoms with Gasteiger partial charge >= 0.3 is 0 Å². The van der Waals surface area contributed by atoms with Crippen LogP contribution in [0.15, 0.2) is 78.9 Å². The molecule has 0 fully saturated rings. The van der Waals surface area contributed by atoms with Crippen LogP contribution in [0, 0.1) is 0 Å². The summed E-state index contributed by atoms with van der Waals surface area (Å²) in [6.07, 6.45) is 0. The number of fused-ring (bicyclic) bond motifs is 8. The minimum Gasteiger partial charge on any atom is -0.497 e. The van der Waals surface area contributed by atoms with Crippen LogP contribution in [-0.2, 0) is 0 Å². The third-order valence-electron chi connectivity index (χ3n) is 6.44. The van der Waals surface area contributed by atoms with E-state index in [-0.39, 0.29) is 0 Å². The lowest BCUT2D eigenvalue weighted by Crippen LogP contribution is -1.80. The minimum atomic E-state index is 0.909. The lowest BCUT2D eigenvalue weighted by molar-refractivity contribution is 0.415. The van der Waals surface area contributed by atoms with Crippen molar-refractivity contribution < 1.29 is 4.74 Å². The van der Waals surface area contributed by atoms with E-state index in [0.717, 1.165) is 5.75 Å². The summed E-state index contributed by atoms with van der Waals surface area (Å²) in [5.74, 6) is 0.909. The molecule has 0 bridgehead atoms. The van der Waals surface area contributed by atoms with Gasteiger partial charge in [0.05, 0.1) is 7.11 Å². The molecule has 0 aliphatic carbocycles. The van der Waals surface area contributed by atoms with Crippen molar-refractivity contribution in [3.05, 3.63) is 78.9 Å². The molecule has 0 aliphatic rings. The summed E-state index contributed by atoms with van der Waals surface area (Å²) in [6.45, 7) is 0. The fourth-order valence-corrected chi connectivity index (χ4v) is 5.36. The zero-order chi connectivity index (χ0) is 18.4. The van der Waals surface area contributed by atoms with Gasteiger partial charge in [0.25, 0.3) is 0 Å². The number of rotatable bonds is 1. The molecule has 0 spiro atoms. The van der Waals surface area contributed by atoms with Gasteiger partial charge in [-0.15, -0.1) is 0 Å². The molecule has 0 saturated carbocycles. The van der Waals surface area contributed by atoms with Crippen LogP contribution in [0.2, 0.25) is 0 Å². The van der Waals surface area contributed by atoms with E-state index in [0.29, 0.717) is 0 Å². The maximum atomic E-state index is 5.52. The van der Waals surface area contributed by atoms with Crippen molar-refractivity contribution in [2.24, 2.45) is 0 Å². The van der Waals surface area contributed by atoms with Gasteiger partial charge in [0.15, 0.2) is 0 Å². The average Bonchev–Trinajstić information content (AvgIpc) is 3.27. The summed E-state index contributed by atoms with van der Waals surface area (Å²) in [5, 5.41) is 16.2. The third kappa shape index (κ3) is 1.51. The Kier molecular flexibility index (Phi) is 2.49. The molecule has 7 aromatic rings. The second-order valence-corrected chi connectivity index (χ2v) is 7.66. The predicted octanol–water partition coefficient (Wildman–Crippen LogP) is 7.49. The lowest BCUT2D eigenvalue weighted by atomic mass is 9.95. The number of hydrogen-bond donors (Lipinski definition) is 0. The second-order valence-electron chi connectivity index (χ2n) is 7.66. The molecule has 0 atom stereocenters. The van der Waals surface area contributed by atoms with Crippen LogP contribution in [0.1, 0.15) is 0 Å². The normalized spacial score (nSPS) is 12.5. The Balaban J connectivity index is 1.92. The van der Waals surface area contributed by atoms with Gasteiger partial charge in [0.2, 0.25) is 0 Å². The second kappa shape index (κ2) is 4.82. The number of hydrogen-bond acceptors (Lipinski definition) is 1. The van der Waals surface area contributed by atoms with Crippen molar-refractivity contribution >= 4 is 64.6 Å². The standard InChI is InChI=1S/C27H16O/c1-28-15-12-13-20-23(14-15)19-9-5-11-21-24-17-7-3-2-6-16(17)18-8-4-10-22(25(18)24)27(20)26(19)21/h2-14H,1H3. The first-order chi connectivity index (χ1) is 13.9. The third-order valence-corrected chi connectivity index (χ3v) is 6.44. The summed E-state index contributed by atoms with van der Waals surface area (Å²) in [7, 11) is 1.74. The first-order valence-corrected chi connectivity index (χ1v) is 9.67. The molecule has 0 N–H and O–H groups in total. The van der Waals surface area contributed by atoms with Gasteiger partial charge in [-0.05, 0) is 76.8 Å². The van der Waals surface area contributed by atoms with E-state index in [2.05, 4.69) is 78.9 Å². The van der Waals surface area contributed by atoms with Crippen molar-refractivity contribution in [1.29, 1.82) is 0 Å². The lowest BCUT2D eigenvalue weighted by Gasteiger charge is -2.07. The number of methoxy groups -OCH3 is 1. The Hall–Kier alpha value is -3.58. The molecule has 1 heteroatoms. The van der Waals surface area contributed by atoms with Crippen LogP contribution in [-0.4, -0.2) is 7.11 Å². The van der Waals surface area contributed by atoms with E-state index in [1.807, 2.05) is 0 Å². The monoisotopic (exact) mass is 356 g/mol. The highest BCUT2D eigenvalue weighted by Gasteiger charge is 2.21. The smallest absolute Gasteiger partial charge is 0.119 e. The number of ether oxygens (including phenoxy) is 1. The molecule has 7 aromatic carbocycles. The molecule has 0 heterocycles. The summed E-state index contributed by atoms with van der Waals surface area (Å²) >= 11 is 0. The van der Waals surface area contributed by atoms with Gasteiger partial charge in [-0.3, -0.25) is 0 Å². The van der Waals surface area contributed by atoms with Crippen molar-refractivity contribution in [3.63, 3.8) is 0 Å². The first-order valence-electron chi connectivity index (χ1n) is 9.67. The SMILES string of the molecule is COc1ccc2c(c1)c1cccc3c4c5ccccc5c5cccc(c54)c2c13. The quantitative estimate of drug-likeness (QED) is 0.277. The highest BCUT2D eigenvalue weighted by atomic mass is 16.5. The first kappa shape index (κ1) is 14.5. The largest absolute Gasteiger partial charge is 0.497 e. The molecular weight excluding hydrogens is 340 g/mol. The Morgan fingerprint density at radius 2 is 0.893 bits per heavy atom. The van der Waals surface area contributed by atoms with Crippen LogP contribution in [0.25, 0.3) is 64.6 Å². The van der Waals surface area contributed by atoms with Crippen LogP contribution < -0.4 is 4.74 Å². The zero-order valence-corrected chi connectivity index (χ0v) is 15.4. The van der Waals surface area contributed by atoms with E-state index in [9.17, 15) is 0 Å². The highest BCUT2D eigenvalue weighted by molar-refractivity contribution is 6.47. The minimum absolute atomic E-state index is 0.909. The molecule has 1 nitrogen and oxygen atoms in total. The maximum Gasteiger partial charge on any atom is 0.119 e. The van der Waals surface area contributed by atoms with Crippen molar-refractivity contribution in [2.45, 2.75) is 0 Å². The van der Waals surface area contributed by atoms with E-state index in [1.54, 1.807) is 7.11 Å². The molecule has 28 heavy (non-hydrogen) atoms. The van der Waals surface area contributed by atoms with E-state index < -0.39 is 0 Å². The molecule has 0 amide bonds. The van der Waals surface area contributed by atoms with Crippen molar-refractivity contribution in [1.82, 2.24) is 0 Å². The van der Waals surface area contributed by atoms with E-state index in [1.165, 1.54) is 64.6 Å². The van der Waals surface area contributed by atoms with Gasteiger partial charge in [0, 0.05) is 0 Å². The Bertz CT molecular complexity index is 1690. The van der Waals surface area contributed by atoms with Gasteiger partial charge in [0.1, 0.15) is 5.75 Å². The molecule has 0 saturated heterocycles. The van der Waals surface area contributed by atoms with Crippen molar-refractivity contribution in [3.8, 4) is 5.75 Å². The number of benzene rings is 5. The molecule has 0 aliphatic heterocycles. The average molecular weight is 356 g/mol. The van der Waals surface area contributed by atoms with E-state index in [4.69, 9.17) is 4.74 Å². The Morgan fingerprint density at radius 1 is 0.429 bits per heavy atom. The van der Waals surface area contributed by atoms with Gasteiger partial charge < -0.3 is 4.74 Å². The molecule has 0 aromatic heterocycles. The van der Waals surface area contributed by atoms with E-state index >= 15 is 0 Å². The van der Waals surface area contributed by atoms with Crippen molar-refractivity contribution in [2.75, 3.05) is 7.11 Å². The fourth-order valence-electron chi connectivity index (χ4n) is 5.36. The fraction of sp³-hybridized carbons (Fsp3) is 0.0370. The summed E-state index contributed by atoms with van der Waals surface area (Å²) in [6, 6.07) is 28.8. The van der Waals surface area contributed by atoms with Crippen LogP contribution >= 0.6 is 0 Å². The molecule has 7 rings (SSSR count). The molecule has 0 unspecified atom stereocenters. The molecule has 130 valence electrons. The predicted molar refractivity (Wildman–Crippen MR) is 120 cm³/mol. The van der Waals surface area contributed by atoms with Gasteiger partial charge in [-0.25, -0.2) is 0 Å². The Labute approximate surface area is 161 Å². The van der Waals surface area contributed by atoms with Gasteiger partial charge in [-0.2, -0.15) is 0 Å². The van der Waals surface area contributed by atoms with Crippen LogP contribution in [0.3, 0.4) is 0 Å².